The van der Waals surface area contributed by atoms with Crippen molar-refractivity contribution in [3.63, 3.8) is 0 Å². The third-order valence-corrected chi connectivity index (χ3v) is 3.34. The van der Waals surface area contributed by atoms with Crippen LogP contribution in [0.4, 0.5) is 0 Å². The van der Waals surface area contributed by atoms with Gasteiger partial charge in [0, 0.05) is 9.13 Å². The van der Waals surface area contributed by atoms with Crippen LogP contribution in [0.2, 0.25) is 5.02 Å². The third-order valence-electron chi connectivity index (χ3n) is 1.76. The van der Waals surface area contributed by atoms with Gasteiger partial charge in [0.15, 0.2) is 0 Å². The molecule has 16 heavy (non-hydrogen) atoms. The second-order valence-corrected chi connectivity index (χ2v) is 5.33. The molecule has 1 N–H and O–H groups in total. The summed E-state index contributed by atoms with van der Waals surface area (Å²) in [4.78, 5) is 16.6. The van der Waals surface area contributed by atoms with Gasteiger partial charge in [0.2, 0.25) is 0 Å². The Hall–Kier alpha value is -0.330. The van der Waals surface area contributed by atoms with E-state index in [9.17, 15) is 4.79 Å². The third kappa shape index (κ3) is 4.27. The van der Waals surface area contributed by atoms with E-state index in [1.807, 2.05) is 13.8 Å². The lowest BCUT2D eigenvalue weighted by Crippen LogP contribution is -2.25. The van der Waals surface area contributed by atoms with Gasteiger partial charge in [-0.1, -0.05) is 25.4 Å². The largest absolute Gasteiger partial charge is 0.274 e. The highest BCUT2D eigenvalue weighted by atomic mass is 127. The first-order chi connectivity index (χ1) is 7.50. The molecule has 88 valence electrons. The molecule has 0 heterocycles. The van der Waals surface area contributed by atoms with E-state index in [-0.39, 0.29) is 5.91 Å². The van der Waals surface area contributed by atoms with Gasteiger partial charge in [-0.2, -0.15) is 0 Å². The second kappa shape index (κ2) is 6.42. The van der Waals surface area contributed by atoms with Gasteiger partial charge < -0.3 is 0 Å². The quantitative estimate of drug-likeness (QED) is 0.666. The lowest BCUT2D eigenvalue weighted by molar-refractivity contribution is 0.0208. The molecule has 0 spiro atoms. The summed E-state index contributed by atoms with van der Waals surface area (Å²) in [6.45, 7) is 4.51. The fraction of sp³-hybridized carbons (Fsp3) is 0.364. The predicted octanol–water partition coefficient (Wildman–Crippen LogP) is 3.26. The highest BCUT2D eigenvalue weighted by Gasteiger charge is 2.07. The van der Waals surface area contributed by atoms with E-state index in [1.165, 1.54) is 0 Å². The molecule has 0 aliphatic heterocycles. The molecule has 0 aliphatic carbocycles. The number of nitrogens with one attached hydrogen (secondary N) is 1. The summed E-state index contributed by atoms with van der Waals surface area (Å²) in [5, 5.41) is 0.567. The maximum atomic E-state index is 11.6. The van der Waals surface area contributed by atoms with Crippen molar-refractivity contribution in [1.82, 2.24) is 5.48 Å². The first-order valence-electron chi connectivity index (χ1n) is 4.88. The number of hydrogen-bond acceptors (Lipinski definition) is 2. The van der Waals surface area contributed by atoms with Crippen molar-refractivity contribution in [3.8, 4) is 0 Å². The minimum absolute atomic E-state index is 0.279. The van der Waals surface area contributed by atoms with Crippen LogP contribution in [0.1, 0.15) is 24.2 Å². The van der Waals surface area contributed by atoms with Crippen molar-refractivity contribution in [3.05, 3.63) is 32.4 Å². The number of halogens is 2. The Balaban J connectivity index is 2.56. The van der Waals surface area contributed by atoms with E-state index in [1.54, 1.807) is 18.2 Å². The van der Waals surface area contributed by atoms with E-state index < -0.39 is 0 Å². The van der Waals surface area contributed by atoms with Crippen molar-refractivity contribution < 1.29 is 9.63 Å². The summed E-state index contributed by atoms with van der Waals surface area (Å²) >= 11 is 8.02. The molecule has 0 aromatic heterocycles. The maximum absolute atomic E-state index is 11.6. The predicted molar refractivity (Wildman–Crippen MR) is 72.4 cm³/mol. The smallest absolute Gasteiger partial charge is 0.273 e. The molecule has 1 rings (SSSR count). The van der Waals surface area contributed by atoms with E-state index in [2.05, 4.69) is 28.1 Å². The lowest BCUT2D eigenvalue weighted by Gasteiger charge is -2.08. The fourth-order valence-corrected chi connectivity index (χ4v) is 1.49. The SMILES string of the molecule is CC(C)CONC(=O)c1ccc(I)c(Cl)c1. The Labute approximate surface area is 114 Å². The highest BCUT2D eigenvalue weighted by molar-refractivity contribution is 14.1. The topological polar surface area (TPSA) is 38.3 Å². The van der Waals surface area contributed by atoms with Gasteiger partial charge in [-0.15, -0.1) is 0 Å². The summed E-state index contributed by atoms with van der Waals surface area (Å²) < 4.78 is 0.916. The molecule has 0 saturated carbocycles. The Morgan fingerprint density at radius 3 is 2.81 bits per heavy atom. The summed E-state index contributed by atoms with van der Waals surface area (Å²) in [6.07, 6.45) is 0. The number of hydrogen-bond donors (Lipinski definition) is 1. The molecule has 0 unspecified atom stereocenters. The summed E-state index contributed by atoms with van der Waals surface area (Å²) in [5.74, 6) is 0.0968. The zero-order valence-corrected chi connectivity index (χ0v) is 12.0. The fourth-order valence-electron chi connectivity index (χ4n) is 0.970. The molecule has 0 radical (unpaired) electrons. The van der Waals surface area contributed by atoms with Crippen molar-refractivity contribution in [2.45, 2.75) is 13.8 Å². The molecular formula is C11H13ClINO2. The standard InChI is InChI=1S/C11H13ClINO2/c1-7(2)6-16-14-11(15)8-3-4-10(13)9(12)5-8/h3-5,7H,6H2,1-2H3,(H,14,15). The molecule has 1 aromatic rings. The molecule has 1 amide bonds. The maximum Gasteiger partial charge on any atom is 0.274 e. The summed E-state index contributed by atoms with van der Waals surface area (Å²) in [6, 6.07) is 5.12. The number of amides is 1. The van der Waals surface area contributed by atoms with Crippen LogP contribution < -0.4 is 5.48 Å². The molecule has 0 fully saturated rings. The lowest BCUT2D eigenvalue weighted by atomic mass is 10.2. The summed E-state index contributed by atoms with van der Waals surface area (Å²) in [5.41, 5.74) is 2.87. The zero-order valence-electron chi connectivity index (χ0n) is 9.09. The van der Waals surface area contributed by atoms with Crippen LogP contribution in [-0.4, -0.2) is 12.5 Å². The van der Waals surface area contributed by atoms with Gasteiger partial charge in [-0.25, -0.2) is 5.48 Å². The molecule has 0 aliphatic rings. The van der Waals surface area contributed by atoms with Gasteiger partial charge in [-0.05, 0) is 46.7 Å². The van der Waals surface area contributed by atoms with Crippen molar-refractivity contribution >= 4 is 40.1 Å². The van der Waals surface area contributed by atoms with Gasteiger partial charge >= 0.3 is 0 Å². The number of carbonyl (C=O) groups is 1. The van der Waals surface area contributed by atoms with Crippen molar-refractivity contribution in [2.75, 3.05) is 6.61 Å². The van der Waals surface area contributed by atoms with Crippen LogP contribution in [0.5, 0.6) is 0 Å². The van der Waals surface area contributed by atoms with Crippen molar-refractivity contribution in [1.29, 1.82) is 0 Å². The average molecular weight is 354 g/mol. The molecule has 0 atom stereocenters. The van der Waals surface area contributed by atoms with E-state index >= 15 is 0 Å². The van der Waals surface area contributed by atoms with E-state index in [0.29, 0.717) is 23.1 Å². The average Bonchev–Trinajstić information content (AvgIpc) is 2.21. The molecule has 0 bridgehead atoms. The van der Waals surface area contributed by atoms with Crippen LogP contribution in [-0.2, 0) is 4.84 Å². The second-order valence-electron chi connectivity index (χ2n) is 3.76. The molecule has 0 saturated heterocycles. The van der Waals surface area contributed by atoms with Crippen LogP contribution in [0, 0.1) is 9.49 Å². The van der Waals surface area contributed by atoms with Crippen LogP contribution in [0.3, 0.4) is 0 Å². The number of benzene rings is 1. The monoisotopic (exact) mass is 353 g/mol. The highest BCUT2D eigenvalue weighted by Crippen LogP contribution is 2.19. The van der Waals surface area contributed by atoms with Gasteiger partial charge in [-0.3, -0.25) is 9.63 Å². The van der Waals surface area contributed by atoms with Crippen LogP contribution >= 0.6 is 34.2 Å². The number of carbonyl (C=O) groups excluding carboxylic acids is 1. The van der Waals surface area contributed by atoms with Crippen LogP contribution in [0.15, 0.2) is 18.2 Å². The molecular weight excluding hydrogens is 340 g/mol. The Kier molecular flexibility index (Phi) is 5.51. The Bertz CT molecular complexity index is 382. The Morgan fingerprint density at radius 1 is 1.56 bits per heavy atom. The molecule has 5 heteroatoms. The van der Waals surface area contributed by atoms with Crippen molar-refractivity contribution in [2.24, 2.45) is 5.92 Å². The Morgan fingerprint density at radius 2 is 2.25 bits per heavy atom. The minimum Gasteiger partial charge on any atom is -0.273 e. The van der Waals surface area contributed by atoms with E-state index in [4.69, 9.17) is 16.4 Å². The minimum atomic E-state index is -0.279. The van der Waals surface area contributed by atoms with Crippen LogP contribution in [0.25, 0.3) is 0 Å². The molecule has 3 nitrogen and oxygen atoms in total. The summed E-state index contributed by atoms with van der Waals surface area (Å²) in [7, 11) is 0. The van der Waals surface area contributed by atoms with Gasteiger partial charge in [0.1, 0.15) is 0 Å². The molecule has 1 aromatic carbocycles. The first kappa shape index (κ1) is 13.7. The number of rotatable bonds is 4. The van der Waals surface area contributed by atoms with Gasteiger partial charge in [0.25, 0.3) is 5.91 Å². The number of hydroxylamine groups is 1. The van der Waals surface area contributed by atoms with Gasteiger partial charge in [0.05, 0.1) is 11.6 Å². The first-order valence-corrected chi connectivity index (χ1v) is 6.33. The van der Waals surface area contributed by atoms with E-state index in [0.717, 1.165) is 3.57 Å². The normalized spacial score (nSPS) is 10.6. The zero-order chi connectivity index (χ0) is 12.1.